The summed E-state index contributed by atoms with van der Waals surface area (Å²) in [6.45, 7) is 0. The smallest absolute Gasteiger partial charge is 0.266 e. The van der Waals surface area contributed by atoms with Gasteiger partial charge in [-0.05, 0) is 28.7 Å². The Balaban J connectivity index is 3.10. The van der Waals surface area contributed by atoms with Crippen molar-refractivity contribution in [1.82, 2.24) is 0 Å². The first-order valence-corrected chi connectivity index (χ1v) is 3.52. The number of dihydropyridines is 1. The second-order valence-electron chi connectivity index (χ2n) is 1.61. The van der Waals surface area contributed by atoms with E-state index in [0.29, 0.717) is 0 Å². The van der Waals surface area contributed by atoms with E-state index in [4.69, 9.17) is 0 Å². The number of hydrogen-bond donors (Lipinski definition) is 0. The monoisotopic (exact) mass is 247 g/mol. The van der Waals surface area contributed by atoms with Gasteiger partial charge in [0.25, 0.3) is 5.91 Å². The zero-order chi connectivity index (χ0) is 7.56. The first-order valence-electron chi connectivity index (χ1n) is 2.45. The fourth-order valence-corrected chi connectivity index (χ4v) is 0.951. The van der Waals surface area contributed by atoms with Gasteiger partial charge >= 0.3 is 0 Å². The zero-order valence-electron chi connectivity index (χ0n) is 4.80. The van der Waals surface area contributed by atoms with Gasteiger partial charge in [0.2, 0.25) is 0 Å². The lowest BCUT2D eigenvalue weighted by molar-refractivity contribution is -0.113. The number of amides is 1. The number of carbonyl (C=O) groups is 1. The Kier molecular flexibility index (Phi) is 2.13. The van der Waals surface area contributed by atoms with Crippen LogP contribution in [0.15, 0.2) is 20.2 Å². The van der Waals surface area contributed by atoms with Gasteiger partial charge in [-0.2, -0.15) is 0 Å². The Hall–Kier alpha value is -0.740. The number of aliphatic imine (C=N–C) groups is 1. The van der Waals surface area contributed by atoms with E-state index in [-0.39, 0.29) is 5.57 Å². The summed E-state index contributed by atoms with van der Waals surface area (Å²) in [6.07, 6.45) is 2.85. The topological polar surface area (TPSA) is 46.5 Å². The molecule has 0 saturated carbocycles. The highest BCUT2D eigenvalue weighted by atomic mass is 127. The van der Waals surface area contributed by atoms with Crippen molar-refractivity contribution in [2.24, 2.45) is 4.99 Å². The molecule has 0 radical (unpaired) electrons. The maximum atomic E-state index is 10.6. The number of nitrogens with zero attached hydrogens (tertiary/aromatic N) is 1. The molecule has 0 saturated heterocycles. The molecule has 0 aromatic carbocycles. The van der Waals surface area contributed by atoms with Crippen LogP contribution in [-0.4, -0.2) is 18.1 Å². The van der Waals surface area contributed by atoms with Crippen LogP contribution in [0.5, 0.6) is 0 Å². The first kappa shape index (κ1) is 7.37. The largest absolute Gasteiger partial charge is 0.288 e. The fourth-order valence-electron chi connectivity index (χ4n) is 0.500. The Morgan fingerprint density at radius 1 is 1.60 bits per heavy atom. The van der Waals surface area contributed by atoms with Gasteiger partial charge < -0.3 is 0 Å². The summed E-state index contributed by atoms with van der Waals surface area (Å²) in [6, 6.07) is 0. The molecule has 0 atom stereocenters. The number of rotatable bonds is 0. The maximum absolute atomic E-state index is 10.6. The van der Waals surface area contributed by atoms with E-state index in [1.165, 1.54) is 18.2 Å². The number of hydrogen-bond acceptors (Lipinski definition) is 2. The summed E-state index contributed by atoms with van der Waals surface area (Å²) in [5.41, 5.74) is -0.00750. The predicted octanol–water partition coefficient (Wildman–Crippen LogP) is 0.674. The van der Waals surface area contributed by atoms with Crippen molar-refractivity contribution in [2.75, 3.05) is 0 Å². The van der Waals surface area contributed by atoms with Crippen molar-refractivity contribution in [2.45, 2.75) is 0 Å². The lowest BCUT2D eigenvalue weighted by atomic mass is 10.2. The third-order valence-electron chi connectivity index (χ3n) is 0.928. The van der Waals surface area contributed by atoms with Crippen LogP contribution in [0.2, 0.25) is 0 Å². The molecule has 0 aliphatic carbocycles. The van der Waals surface area contributed by atoms with Crippen LogP contribution in [0.25, 0.3) is 0 Å². The van der Waals surface area contributed by atoms with Crippen LogP contribution < -0.4 is 0 Å². The van der Waals surface area contributed by atoms with Gasteiger partial charge in [0, 0.05) is 9.79 Å². The Morgan fingerprint density at radius 2 is 2.30 bits per heavy atom. The molecule has 1 amide bonds. The third-order valence-corrected chi connectivity index (χ3v) is 1.52. The summed E-state index contributed by atoms with van der Waals surface area (Å²) >= 11 is 1.97. The second-order valence-corrected chi connectivity index (χ2v) is 2.85. The van der Waals surface area contributed by atoms with E-state index in [0.717, 1.165) is 3.58 Å². The van der Waals surface area contributed by atoms with Gasteiger partial charge in [0.15, 0.2) is 0 Å². The molecule has 0 unspecified atom stereocenters. The highest BCUT2D eigenvalue weighted by molar-refractivity contribution is 14.1. The number of allylic oxidation sites excluding steroid dienone is 1. The molecule has 4 heteroatoms. The molecule has 0 bridgehead atoms. The van der Waals surface area contributed by atoms with E-state index in [9.17, 15) is 9.59 Å². The van der Waals surface area contributed by atoms with Crippen LogP contribution in [0, 0.1) is 0 Å². The van der Waals surface area contributed by atoms with E-state index >= 15 is 0 Å². The van der Waals surface area contributed by atoms with Gasteiger partial charge in [-0.25, -0.2) is 9.79 Å². The molecule has 0 N–H and O–H groups in total. The summed E-state index contributed by atoms with van der Waals surface area (Å²) in [4.78, 5) is 24.1. The van der Waals surface area contributed by atoms with Crippen LogP contribution in [0.1, 0.15) is 0 Å². The molecule has 0 aromatic heterocycles. The second kappa shape index (κ2) is 2.90. The molecular formula is C6H2INO2. The van der Waals surface area contributed by atoms with Crippen LogP contribution in [0.3, 0.4) is 0 Å². The SMILES string of the molecule is O=C=C1C=C(I)C=NC1=O. The molecule has 1 rings (SSSR count). The first-order chi connectivity index (χ1) is 4.74. The van der Waals surface area contributed by atoms with E-state index in [1.807, 2.05) is 22.6 Å². The fraction of sp³-hybridized carbons (Fsp3) is 0. The minimum atomic E-state index is -0.518. The molecular weight excluding hydrogens is 245 g/mol. The van der Waals surface area contributed by atoms with E-state index < -0.39 is 5.91 Å². The van der Waals surface area contributed by atoms with Gasteiger partial charge in [-0.3, -0.25) is 4.79 Å². The molecule has 50 valence electrons. The minimum absolute atomic E-state index is 0.00750. The molecule has 1 heterocycles. The van der Waals surface area contributed by atoms with Gasteiger partial charge in [0.1, 0.15) is 11.5 Å². The van der Waals surface area contributed by atoms with Gasteiger partial charge in [0.05, 0.1) is 0 Å². The third kappa shape index (κ3) is 1.40. The molecule has 1 aliphatic rings. The lowest BCUT2D eigenvalue weighted by Gasteiger charge is -1.96. The Morgan fingerprint density at radius 3 is 2.80 bits per heavy atom. The highest BCUT2D eigenvalue weighted by Crippen LogP contribution is 2.11. The zero-order valence-corrected chi connectivity index (χ0v) is 6.95. The van der Waals surface area contributed by atoms with E-state index in [2.05, 4.69) is 4.99 Å². The summed E-state index contributed by atoms with van der Waals surface area (Å²) < 4.78 is 0.760. The standard InChI is InChI=1S/C6H2INO2/c7-5-1-4(3-9)6(10)8-2-5/h1-2H. The quantitative estimate of drug-likeness (QED) is 0.359. The molecule has 0 aromatic rings. The van der Waals surface area contributed by atoms with Crippen molar-refractivity contribution in [3.63, 3.8) is 0 Å². The van der Waals surface area contributed by atoms with Crippen LogP contribution in [-0.2, 0) is 9.59 Å². The molecule has 0 fully saturated rings. The maximum Gasteiger partial charge on any atom is 0.288 e. The van der Waals surface area contributed by atoms with Crippen molar-refractivity contribution in [1.29, 1.82) is 0 Å². The normalized spacial score (nSPS) is 16.7. The molecule has 1 aliphatic heterocycles. The minimum Gasteiger partial charge on any atom is -0.266 e. The van der Waals surface area contributed by atoms with Crippen molar-refractivity contribution in [3.05, 3.63) is 15.2 Å². The Bertz CT molecular complexity index is 284. The van der Waals surface area contributed by atoms with Crippen molar-refractivity contribution < 1.29 is 9.59 Å². The van der Waals surface area contributed by atoms with Crippen LogP contribution in [0.4, 0.5) is 0 Å². The summed E-state index contributed by atoms with van der Waals surface area (Å²) in [5, 5.41) is 0. The Labute approximate surface area is 70.7 Å². The van der Waals surface area contributed by atoms with Crippen molar-refractivity contribution >= 4 is 40.7 Å². The van der Waals surface area contributed by atoms with Crippen LogP contribution >= 0.6 is 22.6 Å². The predicted molar refractivity (Wildman–Crippen MR) is 44.8 cm³/mol. The number of halogens is 1. The average Bonchev–Trinajstić information content (AvgIpc) is 1.94. The highest BCUT2D eigenvalue weighted by Gasteiger charge is 2.10. The lowest BCUT2D eigenvalue weighted by Crippen LogP contribution is -2.02. The van der Waals surface area contributed by atoms with Gasteiger partial charge in [-0.15, -0.1) is 0 Å². The molecule has 3 nitrogen and oxygen atoms in total. The summed E-state index contributed by atoms with van der Waals surface area (Å²) in [7, 11) is 0. The van der Waals surface area contributed by atoms with E-state index in [1.54, 1.807) is 0 Å². The van der Waals surface area contributed by atoms with Gasteiger partial charge in [-0.1, -0.05) is 0 Å². The average molecular weight is 247 g/mol. The molecule has 0 spiro atoms. The molecule has 10 heavy (non-hydrogen) atoms. The number of carbonyl (C=O) groups excluding carboxylic acids is 2. The summed E-state index contributed by atoms with van der Waals surface area (Å²) in [5.74, 6) is 0.988. The van der Waals surface area contributed by atoms with Crippen molar-refractivity contribution in [3.8, 4) is 0 Å².